The van der Waals surface area contributed by atoms with Gasteiger partial charge in [-0.1, -0.05) is 0 Å². The quantitative estimate of drug-likeness (QED) is 0.533. The summed E-state index contributed by atoms with van der Waals surface area (Å²) in [5, 5.41) is 0. The van der Waals surface area contributed by atoms with E-state index >= 15 is 0 Å². The molecule has 2 aliphatic rings. The minimum atomic E-state index is -3.04. The number of ketones is 1. The van der Waals surface area contributed by atoms with Crippen LogP contribution in [0.15, 0.2) is 60.7 Å². The molecular weight excluding hydrogens is 485 g/mol. The van der Waals surface area contributed by atoms with Gasteiger partial charge in [-0.3, -0.25) is 0 Å². The molecule has 2 unspecified atom stereocenters. The third-order valence-electron chi connectivity index (χ3n) is 7.06. The van der Waals surface area contributed by atoms with E-state index in [4.69, 9.17) is 9.47 Å². The number of hydrogen-bond acceptors (Lipinski definition) is 4. The van der Waals surface area contributed by atoms with Crippen LogP contribution in [0.25, 0.3) is 0 Å². The molecule has 1 saturated heterocycles. The summed E-state index contributed by atoms with van der Waals surface area (Å²) in [4.78, 5) is 35.0. The number of nitrogens with zero attached hydrogens (tertiary/aromatic N) is 1. The number of Topliss-reactive ketones (excluding diaryl/α,β-unsaturated/α-hetero) is 1. The first kappa shape index (κ1) is 21.4. The molecule has 30 heavy (non-hydrogen) atoms. The van der Waals surface area contributed by atoms with Crippen molar-refractivity contribution in [1.82, 2.24) is 4.90 Å². The summed E-state index contributed by atoms with van der Waals surface area (Å²) < 4.78 is 11.3. The first-order chi connectivity index (χ1) is 14.2. The number of hydrogen-bond donors (Lipinski definition) is 0. The van der Waals surface area contributed by atoms with E-state index < -0.39 is 33.6 Å². The van der Waals surface area contributed by atoms with Gasteiger partial charge in [-0.05, 0) is 0 Å². The Kier molecular flexibility index (Phi) is 5.25. The fraction of sp³-hybridized carbons (Fsp3) is 0.417. The summed E-state index contributed by atoms with van der Waals surface area (Å²) in [5.74, 6) is 0.0550. The van der Waals surface area contributed by atoms with Crippen molar-refractivity contribution in [3.05, 3.63) is 71.8 Å². The van der Waals surface area contributed by atoms with Gasteiger partial charge in [0.2, 0.25) is 0 Å². The zero-order valence-corrected chi connectivity index (χ0v) is 21.1. The fourth-order valence-electron chi connectivity index (χ4n) is 5.37. The number of carbonyl (C=O) groups is 2. The molecular formula is C24H29NO4Sn. The fourth-order valence-corrected chi connectivity index (χ4v) is 14.8. The number of amides is 1. The number of ether oxygens (including phenoxy) is 2. The number of benzene rings is 2. The van der Waals surface area contributed by atoms with Gasteiger partial charge in [0.05, 0.1) is 0 Å². The molecule has 5 nitrogen and oxygen atoms in total. The summed E-state index contributed by atoms with van der Waals surface area (Å²) >= 11 is -3.04. The second-order valence-corrected chi connectivity index (χ2v) is 24.6. The van der Waals surface area contributed by atoms with Gasteiger partial charge in [0.1, 0.15) is 0 Å². The van der Waals surface area contributed by atoms with Crippen LogP contribution in [0.5, 0.6) is 0 Å². The number of cyclic esters (lactones) is 1. The number of carbonyl (C=O) groups excluding carboxylic acids is 2. The standard InChI is InChI=1S/C21H20NO4.3CH3.Sn/c1-21(25-2)16(13-17(21)23)22-18(14-9-5-3-6-10-14)19(26-20(22)24)15-11-7-4-8-12-15;;;;/h3-12,18-19H,13H2,1-2H3;3*1H3;/t18-,19+,21?;;;;/m0..../s1. The molecule has 2 aromatic rings. The molecule has 1 heterocycles. The average molecular weight is 514 g/mol. The van der Waals surface area contributed by atoms with E-state index in [1.165, 1.54) is 0 Å². The van der Waals surface area contributed by atoms with E-state index in [-0.39, 0.29) is 17.9 Å². The Morgan fingerprint density at radius 2 is 1.50 bits per heavy atom. The van der Waals surface area contributed by atoms with Crippen molar-refractivity contribution < 1.29 is 19.1 Å². The zero-order valence-electron chi connectivity index (χ0n) is 18.2. The van der Waals surface area contributed by atoms with Crippen molar-refractivity contribution in [2.45, 2.75) is 49.5 Å². The van der Waals surface area contributed by atoms with E-state index in [0.29, 0.717) is 6.42 Å². The van der Waals surface area contributed by atoms with Crippen molar-refractivity contribution >= 4 is 30.3 Å². The average Bonchev–Trinajstić information content (AvgIpc) is 3.08. The molecule has 0 bridgehead atoms. The molecule has 2 aromatic carbocycles. The molecule has 158 valence electrons. The summed E-state index contributed by atoms with van der Waals surface area (Å²) in [6.07, 6.45) is -0.472. The molecule has 1 saturated carbocycles. The van der Waals surface area contributed by atoms with Gasteiger partial charge in [-0.25, -0.2) is 0 Å². The molecule has 0 aromatic heterocycles. The predicted octanol–water partition coefficient (Wildman–Crippen LogP) is 4.92. The van der Waals surface area contributed by atoms with E-state index in [2.05, 4.69) is 14.8 Å². The SMILES string of the molecule is COC1(C)C(=O)C[C]1(N1C(=O)O[C@H](c2ccccc2)[C@@H]1c1ccccc1)[Sn]([CH3])([CH3])[CH3]. The summed E-state index contributed by atoms with van der Waals surface area (Å²) in [6, 6.07) is 19.5. The Morgan fingerprint density at radius 1 is 0.967 bits per heavy atom. The summed E-state index contributed by atoms with van der Waals surface area (Å²) in [6.45, 7) is 1.85. The second kappa shape index (κ2) is 7.38. The molecule has 6 heteroatoms. The zero-order chi connectivity index (χ0) is 21.7. The van der Waals surface area contributed by atoms with Crippen LogP contribution >= 0.6 is 0 Å². The Hall–Kier alpha value is -1.86. The normalized spacial score (nSPS) is 31.4. The molecule has 1 aliphatic carbocycles. The monoisotopic (exact) mass is 515 g/mol. The van der Waals surface area contributed by atoms with E-state index in [1.54, 1.807) is 7.11 Å². The van der Waals surface area contributed by atoms with Crippen molar-refractivity contribution in [2.75, 3.05) is 7.11 Å². The number of methoxy groups -OCH3 is 1. The van der Waals surface area contributed by atoms with Gasteiger partial charge in [0.25, 0.3) is 0 Å². The van der Waals surface area contributed by atoms with Gasteiger partial charge >= 0.3 is 183 Å². The minimum absolute atomic E-state index is 0.0550. The Bertz CT molecular complexity index is 958. The maximum atomic E-state index is 13.5. The van der Waals surface area contributed by atoms with Crippen molar-refractivity contribution in [3.63, 3.8) is 0 Å². The van der Waals surface area contributed by atoms with Crippen LogP contribution in [0.1, 0.15) is 36.6 Å². The molecule has 2 fully saturated rings. The molecule has 4 atom stereocenters. The van der Waals surface area contributed by atoms with Crippen LogP contribution in [0, 0.1) is 0 Å². The van der Waals surface area contributed by atoms with Crippen LogP contribution in [0.2, 0.25) is 14.8 Å². The van der Waals surface area contributed by atoms with Crippen molar-refractivity contribution in [1.29, 1.82) is 0 Å². The van der Waals surface area contributed by atoms with Gasteiger partial charge in [0, 0.05) is 0 Å². The van der Waals surface area contributed by atoms with E-state index in [9.17, 15) is 9.59 Å². The summed E-state index contributed by atoms with van der Waals surface area (Å²) in [7, 11) is 1.58. The molecule has 0 radical (unpaired) electrons. The van der Waals surface area contributed by atoms with Crippen LogP contribution < -0.4 is 0 Å². The molecule has 0 spiro atoms. The first-order valence-electron chi connectivity index (χ1n) is 10.4. The van der Waals surface area contributed by atoms with Crippen molar-refractivity contribution in [2.24, 2.45) is 0 Å². The first-order valence-corrected chi connectivity index (χ1v) is 20.3. The summed E-state index contributed by atoms with van der Waals surface area (Å²) in [5.41, 5.74) is 0.940. The van der Waals surface area contributed by atoms with Gasteiger partial charge in [-0.2, -0.15) is 0 Å². The van der Waals surface area contributed by atoms with Gasteiger partial charge in [0.15, 0.2) is 0 Å². The molecule has 0 N–H and O–H groups in total. The predicted molar refractivity (Wildman–Crippen MR) is 118 cm³/mol. The Labute approximate surface area is 182 Å². The topological polar surface area (TPSA) is 55.8 Å². The van der Waals surface area contributed by atoms with E-state index in [0.717, 1.165) is 11.1 Å². The van der Waals surface area contributed by atoms with E-state index in [1.807, 2.05) is 72.5 Å². The number of rotatable bonds is 5. The van der Waals surface area contributed by atoms with Gasteiger partial charge in [-0.15, -0.1) is 0 Å². The second-order valence-electron chi connectivity index (χ2n) is 9.39. The van der Waals surface area contributed by atoms with Crippen LogP contribution in [-0.2, 0) is 14.3 Å². The third kappa shape index (κ3) is 2.85. The third-order valence-corrected chi connectivity index (χ3v) is 16.7. The van der Waals surface area contributed by atoms with Crippen molar-refractivity contribution in [3.8, 4) is 0 Å². The maximum absolute atomic E-state index is 13.5. The molecule has 4 rings (SSSR count). The van der Waals surface area contributed by atoms with Crippen LogP contribution in [0.4, 0.5) is 4.79 Å². The molecule has 1 aliphatic heterocycles. The molecule has 1 amide bonds. The van der Waals surface area contributed by atoms with Crippen LogP contribution in [0.3, 0.4) is 0 Å². The Morgan fingerprint density at radius 3 is 1.97 bits per heavy atom. The Balaban J connectivity index is 1.93. The van der Waals surface area contributed by atoms with Gasteiger partial charge < -0.3 is 0 Å². The van der Waals surface area contributed by atoms with Crippen LogP contribution in [-0.4, -0.2) is 51.4 Å².